The van der Waals surface area contributed by atoms with Crippen LogP contribution in [0.3, 0.4) is 0 Å². The zero-order valence-electron chi connectivity index (χ0n) is 12.1. The molecule has 0 radical (unpaired) electrons. The molecule has 1 atom stereocenters. The molecule has 0 spiro atoms. The Labute approximate surface area is 118 Å². The fourth-order valence-electron chi connectivity index (χ4n) is 2.30. The quantitative estimate of drug-likeness (QED) is 0.375. The SMILES string of the molecule is CC(CC(N)=NO)N(C)Cc1nn(C)c2ccccc12. The van der Waals surface area contributed by atoms with E-state index in [4.69, 9.17) is 10.9 Å². The summed E-state index contributed by atoms with van der Waals surface area (Å²) in [5.74, 6) is 0.246. The topological polar surface area (TPSA) is 79.7 Å². The fraction of sp³-hybridized carbons (Fsp3) is 0.429. The van der Waals surface area contributed by atoms with Crippen molar-refractivity contribution in [2.75, 3.05) is 7.05 Å². The standard InChI is InChI=1S/C14H21N5O/c1-10(8-14(15)17-20)18(2)9-12-11-6-4-5-7-13(11)19(3)16-12/h4-7,10,20H,8-9H2,1-3H3,(H2,15,17). The summed E-state index contributed by atoms with van der Waals surface area (Å²) in [4.78, 5) is 2.15. The zero-order valence-corrected chi connectivity index (χ0v) is 12.1. The van der Waals surface area contributed by atoms with E-state index < -0.39 is 0 Å². The Morgan fingerprint density at radius 2 is 2.20 bits per heavy atom. The van der Waals surface area contributed by atoms with Gasteiger partial charge in [0.2, 0.25) is 0 Å². The van der Waals surface area contributed by atoms with Crippen molar-refractivity contribution in [1.82, 2.24) is 14.7 Å². The highest BCUT2D eigenvalue weighted by atomic mass is 16.4. The molecule has 0 saturated heterocycles. The molecule has 0 aliphatic heterocycles. The fourth-order valence-corrected chi connectivity index (χ4v) is 2.30. The maximum absolute atomic E-state index is 8.63. The number of fused-ring (bicyclic) bond motifs is 1. The van der Waals surface area contributed by atoms with Crippen LogP contribution in [0, 0.1) is 0 Å². The molecule has 1 heterocycles. The molecule has 0 aliphatic rings. The first-order valence-corrected chi connectivity index (χ1v) is 6.60. The number of oxime groups is 1. The molecule has 0 saturated carbocycles. The number of para-hydroxylation sites is 1. The van der Waals surface area contributed by atoms with Crippen LogP contribution in [0.25, 0.3) is 10.9 Å². The van der Waals surface area contributed by atoms with Crippen molar-refractivity contribution in [2.45, 2.75) is 25.9 Å². The molecule has 0 amide bonds. The number of aromatic nitrogens is 2. The molecule has 2 aromatic rings. The van der Waals surface area contributed by atoms with E-state index in [9.17, 15) is 0 Å². The summed E-state index contributed by atoms with van der Waals surface area (Å²) in [6, 6.07) is 8.35. The number of aryl methyl sites for hydroxylation is 1. The molecular weight excluding hydrogens is 254 g/mol. The summed E-state index contributed by atoms with van der Waals surface area (Å²) >= 11 is 0. The van der Waals surface area contributed by atoms with Crippen molar-refractivity contribution >= 4 is 16.7 Å². The molecule has 1 aromatic carbocycles. The first-order chi connectivity index (χ1) is 9.52. The van der Waals surface area contributed by atoms with Crippen LogP contribution in [-0.2, 0) is 13.6 Å². The van der Waals surface area contributed by atoms with Crippen molar-refractivity contribution in [1.29, 1.82) is 0 Å². The highest BCUT2D eigenvalue weighted by Gasteiger charge is 2.15. The van der Waals surface area contributed by atoms with E-state index in [0.717, 1.165) is 23.1 Å². The number of amidine groups is 1. The van der Waals surface area contributed by atoms with E-state index in [-0.39, 0.29) is 11.9 Å². The Hall–Kier alpha value is -2.08. The number of benzene rings is 1. The van der Waals surface area contributed by atoms with Crippen molar-refractivity contribution in [2.24, 2.45) is 17.9 Å². The Bertz CT molecular complexity index is 619. The summed E-state index contributed by atoms with van der Waals surface area (Å²) in [5.41, 5.74) is 7.72. The van der Waals surface area contributed by atoms with Gasteiger partial charge in [-0.15, -0.1) is 0 Å². The normalized spacial score (nSPS) is 14.1. The van der Waals surface area contributed by atoms with Crippen LogP contribution in [0.5, 0.6) is 0 Å². The Balaban J connectivity index is 2.16. The minimum atomic E-state index is 0.173. The smallest absolute Gasteiger partial charge is 0.140 e. The summed E-state index contributed by atoms with van der Waals surface area (Å²) in [6.07, 6.45) is 0.526. The summed E-state index contributed by atoms with van der Waals surface area (Å²) < 4.78 is 1.90. The third-order valence-corrected chi connectivity index (χ3v) is 3.62. The summed E-state index contributed by atoms with van der Waals surface area (Å²) in [7, 11) is 3.96. The van der Waals surface area contributed by atoms with Crippen molar-refractivity contribution in [3.8, 4) is 0 Å². The number of hydrogen-bond donors (Lipinski definition) is 2. The highest BCUT2D eigenvalue weighted by molar-refractivity contribution is 5.82. The molecule has 108 valence electrons. The molecule has 0 fully saturated rings. The maximum Gasteiger partial charge on any atom is 0.140 e. The van der Waals surface area contributed by atoms with E-state index in [1.54, 1.807) is 0 Å². The van der Waals surface area contributed by atoms with Crippen molar-refractivity contribution < 1.29 is 5.21 Å². The molecule has 3 N–H and O–H groups in total. The van der Waals surface area contributed by atoms with E-state index in [1.807, 2.05) is 37.8 Å². The average Bonchev–Trinajstić information content (AvgIpc) is 2.75. The number of nitrogens with two attached hydrogens (primary N) is 1. The minimum Gasteiger partial charge on any atom is -0.409 e. The van der Waals surface area contributed by atoms with Crippen molar-refractivity contribution in [3.05, 3.63) is 30.0 Å². The van der Waals surface area contributed by atoms with Crippen LogP contribution in [0.1, 0.15) is 19.0 Å². The lowest BCUT2D eigenvalue weighted by Crippen LogP contribution is -2.33. The number of hydrogen-bond acceptors (Lipinski definition) is 4. The largest absolute Gasteiger partial charge is 0.409 e. The second-order valence-corrected chi connectivity index (χ2v) is 5.15. The molecule has 6 nitrogen and oxygen atoms in total. The third kappa shape index (κ3) is 2.91. The van der Waals surface area contributed by atoms with E-state index in [0.29, 0.717) is 6.42 Å². The van der Waals surface area contributed by atoms with Crippen molar-refractivity contribution in [3.63, 3.8) is 0 Å². The molecule has 2 rings (SSSR count). The lowest BCUT2D eigenvalue weighted by Gasteiger charge is -2.23. The molecule has 1 aromatic heterocycles. The Morgan fingerprint density at radius 3 is 2.90 bits per heavy atom. The lowest BCUT2D eigenvalue weighted by atomic mass is 10.1. The lowest BCUT2D eigenvalue weighted by molar-refractivity contribution is 0.248. The van der Waals surface area contributed by atoms with Gasteiger partial charge in [0.25, 0.3) is 0 Å². The van der Waals surface area contributed by atoms with Gasteiger partial charge in [-0.1, -0.05) is 23.4 Å². The maximum atomic E-state index is 8.63. The van der Waals surface area contributed by atoms with Gasteiger partial charge in [0.15, 0.2) is 0 Å². The van der Waals surface area contributed by atoms with Crippen LogP contribution in [0.15, 0.2) is 29.4 Å². The monoisotopic (exact) mass is 275 g/mol. The van der Waals surface area contributed by atoms with Gasteiger partial charge in [0, 0.05) is 31.4 Å². The second-order valence-electron chi connectivity index (χ2n) is 5.15. The Kier molecular flexibility index (Phi) is 4.24. The molecule has 0 aliphatic carbocycles. The zero-order chi connectivity index (χ0) is 14.7. The van der Waals surface area contributed by atoms with Gasteiger partial charge in [0.05, 0.1) is 11.2 Å². The first-order valence-electron chi connectivity index (χ1n) is 6.60. The highest BCUT2D eigenvalue weighted by Crippen LogP contribution is 2.19. The average molecular weight is 275 g/mol. The van der Waals surface area contributed by atoms with E-state index in [2.05, 4.69) is 27.3 Å². The Morgan fingerprint density at radius 1 is 1.50 bits per heavy atom. The van der Waals surface area contributed by atoms with Gasteiger partial charge in [-0.2, -0.15) is 5.10 Å². The van der Waals surface area contributed by atoms with Gasteiger partial charge < -0.3 is 10.9 Å². The minimum absolute atomic E-state index is 0.173. The third-order valence-electron chi connectivity index (χ3n) is 3.62. The predicted molar refractivity (Wildman–Crippen MR) is 79.7 cm³/mol. The molecule has 20 heavy (non-hydrogen) atoms. The van der Waals surface area contributed by atoms with Gasteiger partial charge in [-0.25, -0.2) is 0 Å². The molecule has 6 heteroatoms. The van der Waals surface area contributed by atoms with Gasteiger partial charge in [0.1, 0.15) is 5.84 Å². The molecule has 1 unspecified atom stereocenters. The van der Waals surface area contributed by atoms with Crippen LogP contribution >= 0.6 is 0 Å². The predicted octanol–water partition coefficient (Wildman–Crippen LogP) is 1.53. The van der Waals surface area contributed by atoms with Gasteiger partial charge in [-0.05, 0) is 20.0 Å². The van der Waals surface area contributed by atoms with Crippen LogP contribution in [0.4, 0.5) is 0 Å². The van der Waals surface area contributed by atoms with E-state index >= 15 is 0 Å². The van der Waals surface area contributed by atoms with Crippen LogP contribution in [0.2, 0.25) is 0 Å². The van der Waals surface area contributed by atoms with Gasteiger partial charge >= 0.3 is 0 Å². The van der Waals surface area contributed by atoms with Gasteiger partial charge in [-0.3, -0.25) is 9.58 Å². The second kappa shape index (κ2) is 5.92. The van der Waals surface area contributed by atoms with Crippen LogP contribution in [-0.4, -0.2) is 38.8 Å². The first kappa shape index (κ1) is 14.3. The number of nitrogens with zero attached hydrogens (tertiary/aromatic N) is 4. The summed E-state index contributed by atoms with van der Waals surface area (Å²) in [6.45, 7) is 2.77. The molecule has 0 bridgehead atoms. The molecular formula is C14H21N5O. The van der Waals surface area contributed by atoms with Crippen LogP contribution < -0.4 is 5.73 Å². The number of rotatable bonds is 5. The summed E-state index contributed by atoms with van der Waals surface area (Å²) in [5, 5.41) is 17.4. The van der Waals surface area contributed by atoms with E-state index in [1.165, 1.54) is 0 Å².